The minimum atomic E-state index is -0.592. The number of nitrogens with zero attached hydrogens (tertiary/aromatic N) is 3. The van der Waals surface area contributed by atoms with Crippen LogP contribution in [0.15, 0.2) is 54.9 Å². The summed E-state index contributed by atoms with van der Waals surface area (Å²) in [5.74, 6) is -0.311. The molecule has 0 unspecified atom stereocenters. The lowest BCUT2D eigenvalue weighted by atomic mass is 10.1. The molecule has 0 aliphatic carbocycles. The van der Waals surface area contributed by atoms with Crippen LogP contribution < -0.4 is 10.2 Å². The van der Waals surface area contributed by atoms with Gasteiger partial charge in [-0.05, 0) is 55.4 Å². The van der Waals surface area contributed by atoms with E-state index in [1.54, 1.807) is 12.4 Å². The highest BCUT2D eigenvalue weighted by Crippen LogP contribution is 2.27. The van der Waals surface area contributed by atoms with Crippen LogP contribution in [0.5, 0.6) is 0 Å². The van der Waals surface area contributed by atoms with Crippen LogP contribution in [0.2, 0.25) is 0 Å². The van der Waals surface area contributed by atoms with Crippen molar-refractivity contribution >= 4 is 34.8 Å². The van der Waals surface area contributed by atoms with E-state index in [1.807, 2.05) is 54.3 Å². The minimum absolute atomic E-state index is 0.0898. The van der Waals surface area contributed by atoms with E-state index in [4.69, 9.17) is 12.2 Å². The fraction of sp³-hybridized carbons (Fsp3) is 0.300. The van der Waals surface area contributed by atoms with Gasteiger partial charge in [0.1, 0.15) is 6.04 Å². The normalized spacial score (nSPS) is 16.7. The van der Waals surface area contributed by atoms with E-state index in [2.05, 4.69) is 10.3 Å². The number of para-hydroxylation sites is 1. The summed E-state index contributed by atoms with van der Waals surface area (Å²) in [6, 6.07) is 12.6. The Bertz CT molecular complexity index is 813. The quantitative estimate of drug-likeness (QED) is 0.744. The summed E-state index contributed by atoms with van der Waals surface area (Å²) in [5, 5.41) is 3.21. The summed E-state index contributed by atoms with van der Waals surface area (Å²) in [5.41, 5.74) is 1.83. The molecule has 6 nitrogen and oxygen atoms in total. The number of amides is 2. The van der Waals surface area contributed by atoms with Crippen LogP contribution in [-0.2, 0) is 16.0 Å². The van der Waals surface area contributed by atoms with Gasteiger partial charge in [0, 0.05) is 25.5 Å². The van der Waals surface area contributed by atoms with Crippen molar-refractivity contribution in [1.29, 1.82) is 0 Å². The molecule has 1 saturated heterocycles. The van der Waals surface area contributed by atoms with Gasteiger partial charge < -0.3 is 10.2 Å². The average Bonchev–Trinajstić information content (AvgIpc) is 2.91. The highest BCUT2D eigenvalue weighted by atomic mass is 32.1. The second-order valence-electron chi connectivity index (χ2n) is 6.26. The first kappa shape index (κ1) is 19.0. The number of carbonyl (C=O) groups excluding carboxylic acids is 2. The summed E-state index contributed by atoms with van der Waals surface area (Å²) in [6.07, 6.45) is 4.29. The van der Waals surface area contributed by atoms with Crippen molar-refractivity contribution in [1.82, 2.24) is 15.2 Å². The van der Waals surface area contributed by atoms with Crippen molar-refractivity contribution in [2.75, 3.05) is 18.0 Å². The second kappa shape index (κ2) is 8.73. The lowest BCUT2D eigenvalue weighted by molar-refractivity contribution is -0.127. The van der Waals surface area contributed by atoms with Crippen LogP contribution in [0, 0.1) is 0 Å². The molecule has 1 aliphatic heterocycles. The van der Waals surface area contributed by atoms with Crippen LogP contribution in [0.4, 0.5) is 5.69 Å². The molecule has 0 spiro atoms. The SMILES string of the molecule is CCNC(=O)C[C@H]1C(=O)N(c2ccccc2)C(=S)N1CCc1ccncc1. The molecular formula is C20H22N4O2S. The van der Waals surface area contributed by atoms with E-state index in [0.29, 0.717) is 24.6 Å². The summed E-state index contributed by atoms with van der Waals surface area (Å²) < 4.78 is 0. The number of anilines is 1. The predicted molar refractivity (Wildman–Crippen MR) is 108 cm³/mol. The first-order valence-electron chi connectivity index (χ1n) is 8.97. The fourth-order valence-electron chi connectivity index (χ4n) is 3.15. The number of rotatable bonds is 7. The summed E-state index contributed by atoms with van der Waals surface area (Å²) in [6.45, 7) is 2.95. The molecule has 2 aromatic rings. The van der Waals surface area contributed by atoms with E-state index in [0.717, 1.165) is 11.3 Å². The molecule has 0 radical (unpaired) electrons. The van der Waals surface area contributed by atoms with Crippen LogP contribution in [-0.4, -0.2) is 45.9 Å². The Kier molecular flexibility index (Phi) is 6.13. The Morgan fingerprint density at radius 2 is 1.89 bits per heavy atom. The number of nitrogens with one attached hydrogen (secondary N) is 1. The molecule has 1 aromatic heterocycles. The third-order valence-electron chi connectivity index (χ3n) is 4.48. The number of hydrogen-bond acceptors (Lipinski definition) is 4. The molecule has 1 aromatic carbocycles. The zero-order valence-electron chi connectivity index (χ0n) is 15.2. The number of aromatic nitrogens is 1. The van der Waals surface area contributed by atoms with Crippen LogP contribution >= 0.6 is 12.2 Å². The Labute approximate surface area is 164 Å². The van der Waals surface area contributed by atoms with E-state index >= 15 is 0 Å². The van der Waals surface area contributed by atoms with Crippen molar-refractivity contribution in [3.63, 3.8) is 0 Å². The Hall–Kier alpha value is -2.80. The Morgan fingerprint density at radius 1 is 1.19 bits per heavy atom. The Morgan fingerprint density at radius 3 is 2.56 bits per heavy atom. The molecule has 0 bridgehead atoms. The van der Waals surface area contributed by atoms with Gasteiger partial charge in [0.15, 0.2) is 5.11 Å². The van der Waals surface area contributed by atoms with Gasteiger partial charge in [-0.25, -0.2) is 0 Å². The number of hydrogen-bond donors (Lipinski definition) is 1. The van der Waals surface area contributed by atoms with Gasteiger partial charge in [0.05, 0.1) is 12.1 Å². The van der Waals surface area contributed by atoms with Gasteiger partial charge in [0.25, 0.3) is 5.91 Å². The molecule has 1 aliphatic rings. The van der Waals surface area contributed by atoms with Gasteiger partial charge >= 0.3 is 0 Å². The predicted octanol–water partition coefficient (Wildman–Crippen LogP) is 2.15. The van der Waals surface area contributed by atoms with Crippen molar-refractivity contribution < 1.29 is 9.59 Å². The van der Waals surface area contributed by atoms with Gasteiger partial charge in [-0.1, -0.05) is 18.2 Å². The van der Waals surface area contributed by atoms with Crippen LogP contribution in [0.3, 0.4) is 0 Å². The average molecular weight is 382 g/mol. The molecule has 7 heteroatoms. The number of carbonyl (C=O) groups is 2. The lowest BCUT2D eigenvalue weighted by Crippen LogP contribution is -2.40. The van der Waals surface area contributed by atoms with Crippen molar-refractivity contribution in [3.05, 3.63) is 60.4 Å². The molecule has 0 saturated carbocycles. The highest BCUT2D eigenvalue weighted by Gasteiger charge is 2.43. The molecule has 2 heterocycles. The summed E-state index contributed by atoms with van der Waals surface area (Å²) in [7, 11) is 0. The standard InChI is InChI=1S/C20H22N4O2S/c1-2-22-18(25)14-17-19(26)24(16-6-4-3-5-7-16)20(27)23(17)13-10-15-8-11-21-12-9-15/h3-9,11-12,17H,2,10,13-14H2,1H3,(H,22,25)/t17-/m0/s1. The molecule has 1 fully saturated rings. The zero-order chi connectivity index (χ0) is 19.2. The molecular weight excluding hydrogens is 360 g/mol. The maximum Gasteiger partial charge on any atom is 0.256 e. The summed E-state index contributed by atoms with van der Waals surface area (Å²) in [4.78, 5) is 32.7. The number of pyridine rings is 1. The molecule has 2 amide bonds. The third kappa shape index (κ3) is 4.31. The van der Waals surface area contributed by atoms with E-state index in [9.17, 15) is 9.59 Å². The zero-order valence-corrected chi connectivity index (χ0v) is 16.0. The smallest absolute Gasteiger partial charge is 0.256 e. The third-order valence-corrected chi connectivity index (χ3v) is 4.89. The van der Waals surface area contributed by atoms with Crippen LogP contribution in [0.1, 0.15) is 18.9 Å². The molecule has 27 heavy (non-hydrogen) atoms. The molecule has 1 atom stereocenters. The number of thiocarbonyl (C=S) groups is 1. The first-order chi connectivity index (χ1) is 13.1. The Balaban J connectivity index is 1.83. The summed E-state index contributed by atoms with van der Waals surface area (Å²) >= 11 is 5.62. The van der Waals surface area contributed by atoms with Crippen LogP contribution in [0.25, 0.3) is 0 Å². The maximum atomic E-state index is 13.1. The molecule has 140 valence electrons. The highest BCUT2D eigenvalue weighted by molar-refractivity contribution is 7.80. The maximum absolute atomic E-state index is 13.1. The topological polar surface area (TPSA) is 65.5 Å². The van der Waals surface area contributed by atoms with Gasteiger partial charge in [-0.3, -0.25) is 19.5 Å². The first-order valence-corrected chi connectivity index (χ1v) is 9.38. The molecule has 3 rings (SSSR count). The van der Waals surface area contributed by atoms with E-state index in [1.165, 1.54) is 4.90 Å². The lowest BCUT2D eigenvalue weighted by Gasteiger charge is -2.23. The number of benzene rings is 1. The fourth-order valence-corrected chi connectivity index (χ4v) is 3.56. The van der Waals surface area contributed by atoms with E-state index in [-0.39, 0.29) is 18.2 Å². The van der Waals surface area contributed by atoms with Gasteiger partial charge in [-0.15, -0.1) is 0 Å². The molecule has 1 N–H and O–H groups in total. The van der Waals surface area contributed by atoms with Crippen molar-refractivity contribution in [3.8, 4) is 0 Å². The minimum Gasteiger partial charge on any atom is -0.356 e. The van der Waals surface area contributed by atoms with Crippen molar-refractivity contribution in [2.24, 2.45) is 0 Å². The monoisotopic (exact) mass is 382 g/mol. The largest absolute Gasteiger partial charge is 0.356 e. The second-order valence-corrected chi connectivity index (χ2v) is 6.63. The van der Waals surface area contributed by atoms with E-state index < -0.39 is 6.04 Å². The van der Waals surface area contributed by atoms with Crippen molar-refractivity contribution in [2.45, 2.75) is 25.8 Å². The van der Waals surface area contributed by atoms with Gasteiger partial charge in [0.2, 0.25) is 5.91 Å². The van der Waals surface area contributed by atoms with Gasteiger partial charge in [-0.2, -0.15) is 0 Å².